The molecule has 2 saturated carbocycles. The standard InChI is InChI=1S/C12H23N/c1-9-8-12(2,3)7-6-11(9)13-10-4-5-10/h9-11,13H,4-8H2,1-3H3. The van der Waals surface area contributed by atoms with Gasteiger partial charge >= 0.3 is 0 Å². The maximum Gasteiger partial charge on any atom is 0.00956 e. The molecule has 2 aliphatic rings. The largest absolute Gasteiger partial charge is 0.311 e. The summed E-state index contributed by atoms with van der Waals surface area (Å²) in [5.74, 6) is 0.879. The smallest absolute Gasteiger partial charge is 0.00956 e. The van der Waals surface area contributed by atoms with Crippen LogP contribution in [0.5, 0.6) is 0 Å². The van der Waals surface area contributed by atoms with Gasteiger partial charge in [0.15, 0.2) is 0 Å². The third-order valence-electron chi connectivity index (χ3n) is 3.72. The van der Waals surface area contributed by atoms with Crippen molar-refractivity contribution in [1.82, 2.24) is 5.32 Å². The first-order valence-electron chi connectivity index (χ1n) is 5.83. The molecule has 0 radical (unpaired) electrons. The molecule has 1 N–H and O–H groups in total. The van der Waals surface area contributed by atoms with Crippen molar-refractivity contribution in [1.29, 1.82) is 0 Å². The molecule has 76 valence electrons. The van der Waals surface area contributed by atoms with Crippen LogP contribution in [0, 0.1) is 11.3 Å². The molecule has 2 atom stereocenters. The fourth-order valence-electron chi connectivity index (χ4n) is 2.75. The Hall–Kier alpha value is -0.0400. The summed E-state index contributed by atoms with van der Waals surface area (Å²) in [6, 6.07) is 1.70. The number of nitrogens with one attached hydrogen (secondary N) is 1. The van der Waals surface area contributed by atoms with E-state index in [0.717, 1.165) is 18.0 Å². The SMILES string of the molecule is CC1CC(C)(C)CCC1NC1CC1. The molecule has 0 aromatic heterocycles. The van der Waals surface area contributed by atoms with Crippen molar-refractivity contribution in [2.45, 2.75) is 65.0 Å². The van der Waals surface area contributed by atoms with Gasteiger partial charge in [0.2, 0.25) is 0 Å². The highest BCUT2D eigenvalue weighted by Crippen LogP contribution is 2.39. The van der Waals surface area contributed by atoms with E-state index >= 15 is 0 Å². The third-order valence-corrected chi connectivity index (χ3v) is 3.72. The summed E-state index contributed by atoms with van der Waals surface area (Å²) >= 11 is 0. The highest BCUT2D eigenvalue weighted by atomic mass is 15.0. The van der Waals surface area contributed by atoms with Gasteiger partial charge in [-0.05, 0) is 43.4 Å². The molecule has 2 unspecified atom stereocenters. The summed E-state index contributed by atoms with van der Waals surface area (Å²) in [6.07, 6.45) is 7.04. The second-order valence-electron chi connectivity index (χ2n) is 5.93. The van der Waals surface area contributed by atoms with Gasteiger partial charge in [-0.25, -0.2) is 0 Å². The molecule has 2 aliphatic carbocycles. The molecule has 0 aromatic carbocycles. The molecule has 0 bridgehead atoms. The second-order valence-corrected chi connectivity index (χ2v) is 5.93. The predicted molar refractivity (Wildman–Crippen MR) is 56.7 cm³/mol. The van der Waals surface area contributed by atoms with Crippen molar-refractivity contribution in [3.05, 3.63) is 0 Å². The highest BCUT2D eigenvalue weighted by molar-refractivity contribution is 4.91. The Labute approximate surface area is 82.3 Å². The molecule has 0 aromatic rings. The summed E-state index contributed by atoms with van der Waals surface area (Å²) in [5, 5.41) is 3.78. The average Bonchev–Trinajstić information content (AvgIpc) is 2.77. The Balaban J connectivity index is 1.85. The molecule has 13 heavy (non-hydrogen) atoms. The molecule has 0 amide bonds. The van der Waals surface area contributed by atoms with Crippen molar-refractivity contribution in [3.63, 3.8) is 0 Å². The molecule has 0 aliphatic heterocycles. The number of rotatable bonds is 2. The average molecular weight is 181 g/mol. The molecule has 0 heterocycles. The summed E-state index contributed by atoms with van der Waals surface area (Å²) in [4.78, 5) is 0. The fraction of sp³-hybridized carbons (Fsp3) is 1.00. The molecular formula is C12H23N. The van der Waals surface area contributed by atoms with Crippen molar-refractivity contribution in [3.8, 4) is 0 Å². The van der Waals surface area contributed by atoms with E-state index < -0.39 is 0 Å². The predicted octanol–water partition coefficient (Wildman–Crippen LogP) is 2.95. The Morgan fingerprint density at radius 1 is 1.15 bits per heavy atom. The Bertz CT molecular complexity index is 182. The lowest BCUT2D eigenvalue weighted by Gasteiger charge is -2.39. The topological polar surface area (TPSA) is 12.0 Å². The van der Waals surface area contributed by atoms with Crippen molar-refractivity contribution in [2.75, 3.05) is 0 Å². The van der Waals surface area contributed by atoms with E-state index in [-0.39, 0.29) is 0 Å². The van der Waals surface area contributed by atoms with E-state index in [1.54, 1.807) is 0 Å². The van der Waals surface area contributed by atoms with Crippen LogP contribution in [0.15, 0.2) is 0 Å². The Morgan fingerprint density at radius 2 is 1.85 bits per heavy atom. The van der Waals surface area contributed by atoms with Crippen LogP contribution in [-0.4, -0.2) is 12.1 Å². The normalized spacial score (nSPS) is 39.0. The van der Waals surface area contributed by atoms with Crippen LogP contribution in [0.4, 0.5) is 0 Å². The summed E-state index contributed by atoms with van der Waals surface area (Å²) in [6.45, 7) is 7.24. The van der Waals surface area contributed by atoms with E-state index in [1.807, 2.05) is 0 Å². The quantitative estimate of drug-likeness (QED) is 0.690. The van der Waals surface area contributed by atoms with Crippen molar-refractivity contribution >= 4 is 0 Å². The molecule has 2 fully saturated rings. The van der Waals surface area contributed by atoms with Gasteiger partial charge in [-0.2, -0.15) is 0 Å². The lowest BCUT2D eigenvalue weighted by molar-refractivity contribution is 0.148. The van der Waals surface area contributed by atoms with Gasteiger partial charge in [-0.15, -0.1) is 0 Å². The molecule has 0 spiro atoms. The lowest BCUT2D eigenvalue weighted by atomic mass is 9.70. The van der Waals surface area contributed by atoms with E-state index in [2.05, 4.69) is 26.1 Å². The van der Waals surface area contributed by atoms with Gasteiger partial charge < -0.3 is 5.32 Å². The summed E-state index contributed by atoms with van der Waals surface area (Å²) in [7, 11) is 0. The van der Waals surface area contributed by atoms with Crippen LogP contribution in [0.3, 0.4) is 0 Å². The summed E-state index contributed by atoms with van der Waals surface area (Å²) in [5.41, 5.74) is 0.598. The van der Waals surface area contributed by atoms with Gasteiger partial charge in [0.1, 0.15) is 0 Å². The van der Waals surface area contributed by atoms with Crippen LogP contribution in [0.1, 0.15) is 52.9 Å². The van der Waals surface area contributed by atoms with E-state index in [4.69, 9.17) is 0 Å². The first-order valence-corrected chi connectivity index (χ1v) is 5.83. The van der Waals surface area contributed by atoms with Gasteiger partial charge in [0, 0.05) is 12.1 Å². The maximum absolute atomic E-state index is 3.78. The first-order chi connectivity index (χ1) is 6.07. The minimum atomic E-state index is 0.598. The minimum absolute atomic E-state index is 0.598. The zero-order chi connectivity index (χ0) is 9.47. The van der Waals surface area contributed by atoms with Crippen molar-refractivity contribution in [2.24, 2.45) is 11.3 Å². The minimum Gasteiger partial charge on any atom is -0.311 e. The molecular weight excluding hydrogens is 158 g/mol. The Kier molecular flexibility index (Phi) is 2.39. The lowest BCUT2D eigenvalue weighted by Crippen LogP contribution is -2.42. The molecule has 0 saturated heterocycles. The van der Waals surface area contributed by atoms with Crippen LogP contribution >= 0.6 is 0 Å². The fourth-order valence-corrected chi connectivity index (χ4v) is 2.75. The zero-order valence-corrected chi connectivity index (χ0v) is 9.27. The molecule has 2 rings (SSSR count). The van der Waals surface area contributed by atoms with Gasteiger partial charge in [-0.1, -0.05) is 20.8 Å². The zero-order valence-electron chi connectivity index (χ0n) is 9.27. The van der Waals surface area contributed by atoms with E-state index in [0.29, 0.717) is 5.41 Å². The van der Waals surface area contributed by atoms with Crippen LogP contribution in [0.2, 0.25) is 0 Å². The molecule has 1 heteroatoms. The van der Waals surface area contributed by atoms with Gasteiger partial charge in [-0.3, -0.25) is 0 Å². The van der Waals surface area contributed by atoms with Crippen LogP contribution < -0.4 is 5.32 Å². The number of hydrogen-bond donors (Lipinski definition) is 1. The Morgan fingerprint density at radius 3 is 2.38 bits per heavy atom. The number of hydrogen-bond acceptors (Lipinski definition) is 1. The maximum atomic E-state index is 3.78. The van der Waals surface area contributed by atoms with Gasteiger partial charge in [0.05, 0.1) is 0 Å². The first kappa shape index (κ1) is 9.51. The monoisotopic (exact) mass is 181 g/mol. The van der Waals surface area contributed by atoms with Crippen LogP contribution in [-0.2, 0) is 0 Å². The van der Waals surface area contributed by atoms with Gasteiger partial charge in [0.25, 0.3) is 0 Å². The van der Waals surface area contributed by atoms with E-state index in [9.17, 15) is 0 Å². The van der Waals surface area contributed by atoms with Crippen LogP contribution in [0.25, 0.3) is 0 Å². The van der Waals surface area contributed by atoms with E-state index in [1.165, 1.54) is 32.1 Å². The highest BCUT2D eigenvalue weighted by Gasteiger charge is 2.34. The third kappa shape index (κ3) is 2.46. The second kappa shape index (κ2) is 3.27. The summed E-state index contributed by atoms with van der Waals surface area (Å²) < 4.78 is 0. The molecule has 1 nitrogen and oxygen atoms in total. The van der Waals surface area contributed by atoms with Crippen molar-refractivity contribution < 1.29 is 0 Å².